The Kier molecular flexibility index (Phi) is 5.55. The molecule has 1 atom stereocenters. The number of rotatable bonds is 6. The summed E-state index contributed by atoms with van der Waals surface area (Å²) in [6, 6.07) is 16.2. The second-order valence-electron chi connectivity index (χ2n) is 5.49. The standard InChI is InChI=1S/C18H21NO3S/c1-3-14(15-9-5-4-6-10-15)13-19-18(20)16-11-7-8-12-17(16)23(2,21)22/h4-12,14H,3,13H2,1-2H3,(H,19,20). The Hall–Kier alpha value is -2.14. The molecule has 5 heteroatoms. The van der Waals surface area contributed by atoms with E-state index in [4.69, 9.17) is 0 Å². The molecule has 1 amide bonds. The van der Waals surface area contributed by atoms with Gasteiger partial charge in [-0.15, -0.1) is 0 Å². The van der Waals surface area contributed by atoms with Crippen molar-refractivity contribution < 1.29 is 13.2 Å². The smallest absolute Gasteiger partial charge is 0.252 e. The summed E-state index contributed by atoms with van der Waals surface area (Å²) < 4.78 is 23.6. The molecule has 0 aliphatic rings. The topological polar surface area (TPSA) is 63.2 Å². The van der Waals surface area contributed by atoms with Crippen molar-refractivity contribution >= 4 is 15.7 Å². The molecular weight excluding hydrogens is 310 g/mol. The van der Waals surface area contributed by atoms with Crippen molar-refractivity contribution in [1.82, 2.24) is 5.32 Å². The van der Waals surface area contributed by atoms with Gasteiger partial charge in [0.15, 0.2) is 9.84 Å². The normalized spacial score (nSPS) is 12.6. The Labute approximate surface area is 137 Å². The predicted molar refractivity (Wildman–Crippen MR) is 91.4 cm³/mol. The first-order valence-corrected chi connectivity index (χ1v) is 9.45. The number of hydrogen-bond donors (Lipinski definition) is 1. The average Bonchev–Trinajstić information content (AvgIpc) is 2.55. The highest BCUT2D eigenvalue weighted by Gasteiger charge is 2.19. The minimum atomic E-state index is -3.44. The van der Waals surface area contributed by atoms with E-state index in [1.54, 1.807) is 12.1 Å². The SMILES string of the molecule is CCC(CNC(=O)c1ccccc1S(C)(=O)=O)c1ccccc1. The highest BCUT2D eigenvalue weighted by molar-refractivity contribution is 7.90. The molecule has 0 saturated carbocycles. The molecule has 0 radical (unpaired) electrons. The summed E-state index contributed by atoms with van der Waals surface area (Å²) in [6.07, 6.45) is 2.00. The predicted octanol–water partition coefficient (Wildman–Crippen LogP) is 3.01. The van der Waals surface area contributed by atoms with Crippen LogP contribution in [0.2, 0.25) is 0 Å². The fraction of sp³-hybridized carbons (Fsp3) is 0.278. The zero-order valence-corrected chi connectivity index (χ0v) is 14.1. The molecule has 0 heterocycles. The van der Waals surface area contributed by atoms with E-state index >= 15 is 0 Å². The molecule has 0 spiro atoms. The molecule has 2 aromatic rings. The summed E-state index contributed by atoms with van der Waals surface area (Å²) in [5.74, 6) is -0.161. The number of carbonyl (C=O) groups excluding carboxylic acids is 1. The number of carbonyl (C=O) groups is 1. The molecule has 2 rings (SSSR count). The third-order valence-electron chi connectivity index (χ3n) is 3.80. The van der Waals surface area contributed by atoms with E-state index in [0.717, 1.165) is 18.2 Å². The molecule has 0 aliphatic carbocycles. The molecule has 4 nitrogen and oxygen atoms in total. The lowest BCUT2D eigenvalue weighted by Crippen LogP contribution is -2.29. The quantitative estimate of drug-likeness (QED) is 0.885. The van der Waals surface area contributed by atoms with E-state index in [1.165, 1.54) is 12.1 Å². The molecule has 1 unspecified atom stereocenters. The fourth-order valence-corrected chi connectivity index (χ4v) is 3.40. The van der Waals surface area contributed by atoms with Gasteiger partial charge in [0, 0.05) is 18.7 Å². The molecule has 0 aliphatic heterocycles. The molecule has 2 aromatic carbocycles. The van der Waals surface area contributed by atoms with Crippen LogP contribution < -0.4 is 5.32 Å². The van der Waals surface area contributed by atoms with Crippen molar-refractivity contribution in [3.8, 4) is 0 Å². The van der Waals surface area contributed by atoms with Gasteiger partial charge in [0.2, 0.25) is 0 Å². The maximum absolute atomic E-state index is 12.4. The summed E-state index contributed by atoms with van der Waals surface area (Å²) in [4.78, 5) is 12.4. The van der Waals surface area contributed by atoms with Gasteiger partial charge in [-0.2, -0.15) is 0 Å². The molecule has 0 fully saturated rings. The van der Waals surface area contributed by atoms with Crippen LogP contribution >= 0.6 is 0 Å². The monoisotopic (exact) mass is 331 g/mol. The van der Waals surface area contributed by atoms with Crippen molar-refractivity contribution in [3.63, 3.8) is 0 Å². The van der Waals surface area contributed by atoms with Gasteiger partial charge in [-0.1, -0.05) is 49.4 Å². The lowest BCUT2D eigenvalue weighted by molar-refractivity contribution is 0.0947. The first-order valence-electron chi connectivity index (χ1n) is 7.55. The van der Waals surface area contributed by atoms with Gasteiger partial charge in [0.1, 0.15) is 0 Å². The fourth-order valence-electron chi connectivity index (χ4n) is 2.51. The van der Waals surface area contributed by atoms with E-state index in [2.05, 4.69) is 12.2 Å². The third-order valence-corrected chi connectivity index (χ3v) is 4.96. The lowest BCUT2D eigenvalue weighted by Gasteiger charge is -2.17. The van der Waals surface area contributed by atoms with Gasteiger partial charge in [0.05, 0.1) is 10.5 Å². The minimum absolute atomic E-state index is 0.0604. The number of benzene rings is 2. The summed E-state index contributed by atoms with van der Waals surface area (Å²) in [6.45, 7) is 2.53. The van der Waals surface area contributed by atoms with Crippen LogP contribution in [0.25, 0.3) is 0 Å². The van der Waals surface area contributed by atoms with Crippen LogP contribution in [0, 0.1) is 0 Å². The second-order valence-corrected chi connectivity index (χ2v) is 7.48. The maximum Gasteiger partial charge on any atom is 0.252 e. The Balaban J connectivity index is 2.14. The van der Waals surface area contributed by atoms with Crippen LogP contribution in [0.3, 0.4) is 0 Å². The van der Waals surface area contributed by atoms with Crippen LogP contribution in [0.5, 0.6) is 0 Å². The Bertz CT molecular complexity index is 770. The van der Waals surface area contributed by atoms with Crippen LogP contribution in [0.4, 0.5) is 0 Å². The second kappa shape index (κ2) is 7.42. The number of sulfone groups is 1. The summed E-state index contributed by atoms with van der Waals surface area (Å²) in [5, 5.41) is 2.86. The van der Waals surface area contributed by atoms with Crippen LogP contribution in [-0.4, -0.2) is 27.1 Å². The Morgan fingerprint density at radius 1 is 1.04 bits per heavy atom. The van der Waals surface area contributed by atoms with Crippen molar-refractivity contribution in [2.24, 2.45) is 0 Å². The van der Waals surface area contributed by atoms with Crippen molar-refractivity contribution in [3.05, 3.63) is 65.7 Å². The van der Waals surface area contributed by atoms with Gasteiger partial charge in [-0.05, 0) is 24.1 Å². The summed E-state index contributed by atoms with van der Waals surface area (Å²) in [5.41, 5.74) is 1.35. The van der Waals surface area contributed by atoms with E-state index in [9.17, 15) is 13.2 Å². The molecule has 122 valence electrons. The van der Waals surface area contributed by atoms with Crippen molar-refractivity contribution in [2.45, 2.75) is 24.2 Å². The van der Waals surface area contributed by atoms with Crippen molar-refractivity contribution in [2.75, 3.05) is 12.8 Å². The van der Waals surface area contributed by atoms with Gasteiger partial charge in [-0.3, -0.25) is 4.79 Å². The summed E-state index contributed by atoms with van der Waals surface area (Å²) in [7, 11) is -3.44. The largest absolute Gasteiger partial charge is 0.351 e. The summed E-state index contributed by atoms with van der Waals surface area (Å²) >= 11 is 0. The molecule has 0 aromatic heterocycles. The molecule has 0 saturated heterocycles. The van der Waals surface area contributed by atoms with Crippen LogP contribution in [-0.2, 0) is 9.84 Å². The van der Waals surface area contributed by atoms with E-state index in [1.807, 2.05) is 30.3 Å². The maximum atomic E-state index is 12.4. The van der Waals surface area contributed by atoms with Crippen LogP contribution in [0.1, 0.15) is 35.2 Å². The first-order chi connectivity index (χ1) is 10.9. The third kappa shape index (κ3) is 4.42. The Morgan fingerprint density at radius 3 is 2.26 bits per heavy atom. The lowest BCUT2D eigenvalue weighted by atomic mass is 9.96. The van der Waals surface area contributed by atoms with E-state index in [0.29, 0.717) is 6.54 Å². The van der Waals surface area contributed by atoms with Gasteiger partial charge >= 0.3 is 0 Å². The number of hydrogen-bond acceptors (Lipinski definition) is 3. The minimum Gasteiger partial charge on any atom is -0.351 e. The van der Waals surface area contributed by atoms with Gasteiger partial charge in [-0.25, -0.2) is 8.42 Å². The average molecular weight is 331 g/mol. The van der Waals surface area contributed by atoms with E-state index < -0.39 is 9.84 Å². The zero-order valence-electron chi connectivity index (χ0n) is 13.3. The first kappa shape index (κ1) is 17.2. The van der Waals surface area contributed by atoms with Gasteiger partial charge < -0.3 is 5.32 Å². The Morgan fingerprint density at radius 2 is 1.65 bits per heavy atom. The molecular formula is C18H21NO3S. The molecule has 0 bridgehead atoms. The van der Waals surface area contributed by atoms with Crippen molar-refractivity contribution in [1.29, 1.82) is 0 Å². The highest BCUT2D eigenvalue weighted by atomic mass is 32.2. The van der Waals surface area contributed by atoms with Crippen LogP contribution in [0.15, 0.2) is 59.5 Å². The molecule has 1 N–H and O–H groups in total. The number of amides is 1. The van der Waals surface area contributed by atoms with E-state index in [-0.39, 0.29) is 22.3 Å². The van der Waals surface area contributed by atoms with Gasteiger partial charge in [0.25, 0.3) is 5.91 Å². The zero-order chi connectivity index (χ0) is 16.9. The number of nitrogens with one attached hydrogen (secondary N) is 1. The molecule has 23 heavy (non-hydrogen) atoms. The highest BCUT2D eigenvalue weighted by Crippen LogP contribution is 2.19.